The lowest BCUT2D eigenvalue weighted by Crippen LogP contribution is -2.00. The Labute approximate surface area is 112 Å². The predicted octanol–water partition coefficient (Wildman–Crippen LogP) is 2.95. The molecule has 0 spiro atoms. The molecule has 0 aliphatic rings. The van der Waals surface area contributed by atoms with E-state index in [-0.39, 0.29) is 5.95 Å². The molecule has 100 valence electrons. The standard InChI is InChI=1S/C14H17N3O2/c1-3-8-18-11-6-4-5-7-12(11)19-13-9-10(2)16-14(15)17-13/h4-7,9H,3,8H2,1-2H3,(H2,15,16,17). The number of benzene rings is 1. The fourth-order valence-corrected chi connectivity index (χ4v) is 1.59. The van der Waals surface area contributed by atoms with Gasteiger partial charge in [0.05, 0.1) is 6.61 Å². The Morgan fingerprint density at radius 3 is 2.58 bits per heavy atom. The minimum atomic E-state index is 0.196. The lowest BCUT2D eigenvalue weighted by molar-refractivity contribution is 0.300. The van der Waals surface area contributed by atoms with Gasteiger partial charge in [0.2, 0.25) is 11.8 Å². The van der Waals surface area contributed by atoms with Crippen LogP contribution in [0.25, 0.3) is 0 Å². The van der Waals surface area contributed by atoms with E-state index in [9.17, 15) is 0 Å². The summed E-state index contributed by atoms with van der Waals surface area (Å²) in [6.45, 7) is 4.54. The first-order valence-electron chi connectivity index (χ1n) is 6.20. The largest absolute Gasteiger partial charge is 0.490 e. The van der Waals surface area contributed by atoms with Crippen LogP contribution in [0.1, 0.15) is 19.0 Å². The fourth-order valence-electron chi connectivity index (χ4n) is 1.59. The van der Waals surface area contributed by atoms with Crippen LogP contribution in [0, 0.1) is 6.92 Å². The van der Waals surface area contributed by atoms with E-state index in [1.807, 2.05) is 31.2 Å². The topological polar surface area (TPSA) is 70.3 Å². The zero-order valence-electron chi connectivity index (χ0n) is 11.1. The number of para-hydroxylation sites is 2. The molecule has 5 heteroatoms. The molecular weight excluding hydrogens is 242 g/mol. The minimum Gasteiger partial charge on any atom is -0.490 e. The Morgan fingerprint density at radius 1 is 1.16 bits per heavy atom. The average molecular weight is 259 g/mol. The van der Waals surface area contributed by atoms with Crippen molar-refractivity contribution in [2.75, 3.05) is 12.3 Å². The fraction of sp³-hybridized carbons (Fsp3) is 0.286. The third-order valence-corrected chi connectivity index (χ3v) is 2.37. The Hall–Kier alpha value is -2.30. The van der Waals surface area contributed by atoms with Crippen LogP contribution in [0.15, 0.2) is 30.3 Å². The van der Waals surface area contributed by atoms with Crippen molar-refractivity contribution in [3.05, 3.63) is 36.0 Å². The predicted molar refractivity (Wildman–Crippen MR) is 73.5 cm³/mol. The molecule has 0 atom stereocenters. The van der Waals surface area contributed by atoms with Gasteiger partial charge in [0.1, 0.15) is 0 Å². The van der Waals surface area contributed by atoms with E-state index in [1.165, 1.54) is 0 Å². The van der Waals surface area contributed by atoms with E-state index in [1.54, 1.807) is 6.07 Å². The molecule has 0 aliphatic heterocycles. The molecule has 0 radical (unpaired) electrons. The van der Waals surface area contributed by atoms with Gasteiger partial charge in [0.15, 0.2) is 11.5 Å². The Morgan fingerprint density at radius 2 is 1.89 bits per heavy atom. The second-order valence-corrected chi connectivity index (χ2v) is 4.10. The molecule has 2 N–H and O–H groups in total. The van der Waals surface area contributed by atoms with Crippen molar-refractivity contribution >= 4 is 5.95 Å². The molecule has 5 nitrogen and oxygen atoms in total. The third-order valence-electron chi connectivity index (χ3n) is 2.37. The summed E-state index contributed by atoms with van der Waals surface area (Å²) in [6, 6.07) is 9.21. The highest BCUT2D eigenvalue weighted by atomic mass is 16.5. The lowest BCUT2D eigenvalue weighted by Gasteiger charge is -2.11. The summed E-state index contributed by atoms with van der Waals surface area (Å²) in [4.78, 5) is 8.04. The molecule has 0 bridgehead atoms. The number of nitrogen functional groups attached to an aromatic ring is 1. The third kappa shape index (κ3) is 3.58. The van der Waals surface area contributed by atoms with E-state index >= 15 is 0 Å². The zero-order valence-corrected chi connectivity index (χ0v) is 11.1. The van der Waals surface area contributed by atoms with Crippen LogP contribution in [-0.4, -0.2) is 16.6 Å². The second-order valence-electron chi connectivity index (χ2n) is 4.10. The molecular formula is C14H17N3O2. The highest BCUT2D eigenvalue weighted by molar-refractivity contribution is 5.42. The quantitative estimate of drug-likeness (QED) is 0.893. The summed E-state index contributed by atoms with van der Waals surface area (Å²) in [5.41, 5.74) is 6.36. The first-order chi connectivity index (χ1) is 9.19. The van der Waals surface area contributed by atoms with Gasteiger partial charge in [-0.3, -0.25) is 0 Å². The van der Waals surface area contributed by atoms with Gasteiger partial charge in [-0.2, -0.15) is 4.98 Å². The van der Waals surface area contributed by atoms with Crippen LogP contribution in [0.5, 0.6) is 17.4 Å². The molecule has 0 saturated heterocycles. The highest BCUT2D eigenvalue weighted by Gasteiger charge is 2.07. The number of nitrogens with two attached hydrogens (primary N) is 1. The summed E-state index contributed by atoms with van der Waals surface area (Å²) >= 11 is 0. The van der Waals surface area contributed by atoms with Gasteiger partial charge >= 0.3 is 0 Å². The zero-order chi connectivity index (χ0) is 13.7. The van der Waals surface area contributed by atoms with E-state index < -0.39 is 0 Å². The molecule has 0 saturated carbocycles. The smallest absolute Gasteiger partial charge is 0.224 e. The molecule has 1 aromatic heterocycles. The van der Waals surface area contributed by atoms with Crippen LogP contribution in [0.3, 0.4) is 0 Å². The van der Waals surface area contributed by atoms with Gasteiger partial charge in [-0.1, -0.05) is 19.1 Å². The number of ether oxygens (including phenoxy) is 2. The molecule has 2 aromatic rings. The van der Waals surface area contributed by atoms with Crippen molar-refractivity contribution in [1.82, 2.24) is 9.97 Å². The number of aryl methyl sites for hydroxylation is 1. The van der Waals surface area contributed by atoms with Gasteiger partial charge in [-0.25, -0.2) is 4.98 Å². The summed E-state index contributed by atoms with van der Waals surface area (Å²) in [5, 5.41) is 0. The molecule has 1 heterocycles. The maximum absolute atomic E-state index is 5.71. The number of hydrogen-bond acceptors (Lipinski definition) is 5. The van der Waals surface area contributed by atoms with Crippen molar-refractivity contribution in [2.45, 2.75) is 20.3 Å². The van der Waals surface area contributed by atoms with Crippen molar-refractivity contribution in [3.63, 3.8) is 0 Å². The number of aromatic nitrogens is 2. The summed E-state index contributed by atoms with van der Waals surface area (Å²) in [5.74, 6) is 1.92. The van der Waals surface area contributed by atoms with Crippen molar-refractivity contribution < 1.29 is 9.47 Å². The summed E-state index contributed by atoms with van der Waals surface area (Å²) in [6.07, 6.45) is 0.938. The number of nitrogens with zero attached hydrogens (tertiary/aromatic N) is 2. The number of hydrogen-bond donors (Lipinski definition) is 1. The van der Waals surface area contributed by atoms with Gasteiger partial charge in [0.25, 0.3) is 0 Å². The van der Waals surface area contributed by atoms with Crippen LogP contribution in [0.2, 0.25) is 0 Å². The normalized spacial score (nSPS) is 10.2. The molecule has 2 rings (SSSR count). The molecule has 0 aliphatic carbocycles. The van der Waals surface area contributed by atoms with Crippen LogP contribution < -0.4 is 15.2 Å². The van der Waals surface area contributed by atoms with Crippen molar-refractivity contribution in [1.29, 1.82) is 0 Å². The minimum absolute atomic E-state index is 0.196. The van der Waals surface area contributed by atoms with Crippen LogP contribution in [0.4, 0.5) is 5.95 Å². The first-order valence-corrected chi connectivity index (χ1v) is 6.20. The van der Waals surface area contributed by atoms with Crippen molar-refractivity contribution in [2.24, 2.45) is 0 Å². The van der Waals surface area contributed by atoms with Gasteiger partial charge in [0, 0.05) is 11.8 Å². The molecule has 0 unspecified atom stereocenters. The van der Waals surface area contributed by atoms with E-state index in [4.69, 9.17) is 15.2 Å². The molecule has 1 aromatic carbocycles. The van der Waals surface area contributed by atoms with E-state index in [2.05, 4.69) is 16.9 Å². The molecule has 0 amide bonds. The van der Waals surface area contributed by atoms with E-state index in [0.29, 0.717) is 24.0 Å². The molecule has 0 fully saturated rings. The summed E-state index contributed by atoms with van der Waals surface area (Å²) in [7, 11) is 0. The van der Waals surface area contributed by atoms with Crippen LogP contribution >= 0.6 is 0 Å². The average Bonchev–Trinajstić information content (AvgIpc) is 2.36. The second kappa shape index (κ2) is 6.04. The van der Waals surface area contributed by atoms with E-state index in [0.717, 1.165) is 12.1 Å². The number of anilines is 1. The molecule has 19 heavy (non-hydrogen) atoms. The highest BCUT2D eigenvalue weighted by Crippen LogP contribution is 2.30. The number of rotatable bonds is 5. The first kappa shape index (κ1) is 13.1. The van der Waals surface area contributed by atoms with Crippen molar-refractivity contribution in [3.8, 4) is 17.4 Å². The summed E-state index contributed by atoms with van der Waals surface area (Å²) < 4.78 is 11.3. The van der Waals surface area contributed by atoms with Gasteiger partial charge in [-0.15, -0.1) is 0 Å². The Bertz CT molecular complexity index is 538. The monoisotopic (exact) mass is 259 g/mol. The Kier molecular flexibility index (Phi) is 4.18. The van der Waals surface area contributed by atoms with Gasteiger partial charge in [-0.05, 0) is 25.5 Å². The maximum atomic E-state index is 5.71. The Balaban J connectivity index is 2.22. The maximum Gasteiger partial charge on any atom is 0.224 e. The van der Waals surface area contributed by atoms with Gasteiger partial charge < -0.3 is 15.2 Å². The lowest BCUT2D eigenvalue weighted by atomic mass is 10.3. The SMILES string of the molecule is CCCOc1ccccc1Oc1cc(C)nc(N)n1. The van der Waals surface area contributed by atoms with Crippen LogP contribution in [-0.2, 0) is 0 Å².